The zero-order valence-corrected chi connectivity index (χ0v) is 10.4. The molecule has 1 heterocycles. The van der Waals surface area contributed by atoms with Gasteiger partial charge in [0.05, 0.1) is 5.69 Å². The monoisotopic (exact) mass is 221 g/mol. The summed E-state index contributed by atoms with van der Waals surface area (Å²) >= 11 is 0. The van der Waals surface area contributed by atoms with Gasteiger partial charge in [-0.25, -0.2) is 0 Å². The van der Waals surface area contributed by atoms with Crippen molar-refractivity contribution in [1.82, 2.24) is 15.1 Å². The Hall–Kier alpha value is -1.09. The molecule has 0 aliphatic rings. The predicted octanol–water partition coefficient (Wildman–Crippen LogP) is 2.82. The smallest absolute Gasteiger partial charge is 0.0550 e. The maximum atomic E-state index is 4.21. The molecule has 1 atom stereocenters. The highest BCUT2D eigenvalue weighted by molar-refractivity contribution is 5.06. The van der Waals surface area contributed by atoms with E-state index in [2.05, 4.69) is 23.1 Å². The van der Waals surface area contributed by atoms with Crippen molar-refractivity contribution in [3.63, 3.8) is 0 Å². The summed E-state index contributed by atoms with van der Waals surface area (Å²) in [5, 5.41) is 7.56. The molecule has 90 valence electrons. The van der Waals surface area contributed by atoms with Gasteiger partial charge in [0.1, 0.15) is 0 Å². The van der Waals surface area contributed by atoms with E-state index in [-0.39, 0.29) is 0 Å². The lowest BCUT2D eigenvalue weighted by Crippen LogP contribution is -2.19. The number of allylic oxidation sites excluding steroid dienone is 1. The van der Waals surface area contributed by atoms with E-state index in [1.165, 1.54) is 31.4 Å². The lowest BCUT2D eigenvalue weighted by Gasteiger charge is -2.16. The molecule has 0 bridgehead atoms. The fourth-order valence-electron chi connectivity index (χ4n) is 1.98. The van der Waals surface area contributed by atoms with Crippen molar-refractivity contribution in [2.45, 2.75) is 38.1 Å². The Balaban J connectivity index is 2.33. The lowest BCUT2D eigenvalue weighted by molar-refractivity contribution is 0.477. The fourth-order valence-corrected chi connectivity index (χ4v) is 1.98. The van der Waals surface area contributed by atoms with Crippen LogP contribution in [0, 0.1) is 0 Å². The number of rotatable bonds is 8. The summed E-state index contributed by atoms with van der Waals surface area (Å²) in [6, 6.07) is 2.52. The summed E-state index contributed by atoms with van der Waals surface area (Å²) in [5.41, 5.74) is 1.27. The number of unbranched alkanes of at least 4 members (excludes halogenated alkanes) is 3. The van der Waals surface area contributed by atoms with Crippen LogP contribution in [0.5, 0.6) is 0 Å². The van der Waals surface area contributed by atoms with Gasteiger partial charge in [-0.1, -0.05) is 18.9 Å². The topological polar surface area (TPSA) is 29.9 Å². The number of nitrogens with zero attached hydrogens (tertiary/aromatic N) is 2. The minimum Gasteiger partial charge on any atom is -0.312 e. The van der Waals surface area contributed by atoms with Crippen LogP contribution in [0.25, 0.3) is 0 Å². The maximum Gasteiger partial charge on any atom is 0.0550 e. The van der Waals surface area contributed by atoms with Crippen LogP contribution in [0.2, 0.25) is 0 Å². The van der Waals surface area contributed by atoms with Gasteiger partial charge >= 0.3 is 0 Å². The Morgan fingerprint density at radius 1 is 1.50 bits per heavy atom. The number of hydrogen-bond donors (Lipinski definition) is 1. The molecular formula is C13H23N3. The maximum absolute atomic E-state index is 4.21. The van der Waals surface area contributed by atoms with Gasteiger partial charge in [-0.3, -0.25) is 4.68 Å². The molecule has 0 saturated heterocycles. The highest BCUT2D eigenvalue weighted by Crippen LogP contribution is 2.18. The van der Waals surface area contributed by atoms with Crippen LogP contribution in [0.15, 0.2) is 24.9 Å². The van der Waals surface area contributed by atoms with Crippen molar-refractivity contribution in [3.8, 4) is 0 Å². The zero-order chi connectivity index (χ0) is 11.8. The third kappa shape index (κ3) is 3.81. The van der Waals surface area contributed by atoms with Crippen molar-refractivity contribution in [1.29, 1.82) is 0 Å². The van der Waals surface area contributed by atoms with Crippen molar-refractivity contribution in [3.05, 3.63) is 30.6 Å². The van der Waals surface area contributed by atoms with Crippen molar-refractivity contribution >= 4 is 0 Å². The SMILES string of the molecule is C=CCCCCCC(NC)c1ccnn1C. The molecule has 16 heavy (non-hydrogen) atoms. The number of nitrogens with one attached hydrogen (secondary N) is 1. The molecule has 1 unspecified atom stereocenters. The molecule has 1 rings (SSSR count). The van der Waals surface area contributed by atoms with E-state index in [1.807, 2.05) is 31.1 Å². The number of aryl methyl sites for hydroxylation is 1. The molecule has 0 fully saturated rings. The summed E-state index contributed by atoms with van der Waals surface area (Å²) in [4.78, 5) is 0. The van der Waals surface area contributed by atoms with E-state index in [9.17, 15) is 0 Å². The summed E-state index contributed by atoms with van der Waals surface area (Å²) < 4.78 is 1.95. The molecule has 0 aliphatic heterocycles. The van der Waals surface area contributed by atoms with Gasteiger partial charge in [0.2, 0.25) is 0 Å². The fraction of sp³-hybridized carbons (Fsp3) is 0.615. The van der Waals surface area contributed by atoms with Gasteiger partial charge in [0.15, 0.2) is 0 Å². The van der Waals surface area contributed by atoms with Gasteiger partial charge in [-0.15, -0.1) is 6.58 Å². The van der Waals surface area contributed by atoms with E-state index in [0.29, 0.717) is 6.04 Å². The summed E-state index contributed by atoms with van der Waals surface area (Å²) in [6.45, 7) is 3.74. The molecule has 0 aliphatic carbocycles. The Morgan fingerprint density at radius 2 is 2.31 bits per heavy atom. The predicted molar refractivity (Wildman–Crippen MR) is 68.3 cm³/mol. The second kappa shape index (κ2) is 7.23. The third-order valence-corrected chi connectivity index (χ3v) is 2.97. The molecule has 0 aromatic carbocycles. The molecule has 3 heteroatoms. The molecule has 3 nitrogen and oxygen atoms in total. The number of aromatic nitrogens is 2. The van der Waals surface area contributed by atoms with Crippen LogP contribution < -0.4 is 5.32 Å². The molecule has 0 saturated carbocycles. The van der Waals surface area contributed by atoms with Crippen LogP contribution in [0.4, 0.5) is 0 Å². The molecule has 0 spiro atoms. The Bertz CT molecular complexity index is 304. The molecule has 1 aromatic rings. The molecule has 0 amide bonds. The van der Waals surface area contributed by atoms with Gasteiger partial charge in [-0.05, 0) is 32.4 Å². The minimum atomic E-state index is 0.427. The summed E-state index contributed by atoms with van der Waals surface area (Å²) in [5.74, 6) is 0. The van der Waals surface area contributed by atoms with Gasteiger partial charge in [0, 0.05) is 19.3 Å². The standard InChI is InChI=1S/C13H23N3/c1-4-5-6-7-8-9-12(14-2)13-10-11-15-16(13)3/h4,10-12,14H,1,5-9H2,2-3H3. The minimum absolute atomic E-state index is 0.427. The van der Waals surface area contributed by atoms with Crippen LogP contribution in [0.3, 0.4) is 0 Å². The average molecular weight is 221 g/mol. The second-order valence-electron chi connectivity index (χ2n) is 4.15. The van der Waals surface area contributed by atoms with Crippen molar-refractivity contribution in [2.24, 2.45) is 7.05 Å². The zero-order valence-electron chi connectivity index (χ0n) is 10.4. The first-order valence-corrected chi connectivity index (χ1v) is 6.05. The van der Waals surface area contributed by atoms with Crippen LogP contribution in [-0.2, 0) is 7.05 Å². The molecule has 1 N–H and O–H groups in total. The molecular weight excluding hydrogens is 198 g/mol. The van der Waals surface area contributed by atoms with E-state index in [0.717, 1.165) is 6.42 Å². The first-order chi connectivity index (χ1) is 7.79. The number of hydrogen-bond acceptors (Lipinski definition) is 2. The third-order valence-electron chi connectivity index (χ3n) is 2.97. The van der Waals surface area contributed by atoms with E-state index in [4.69, 9.17) is 0 Å². The van der Waals surface area contributed by atoms with Crippen molar-refractivity contribution < 1.29 is 0 Å². The lowest BCUT2D eigenvalue weighted by atomic mass is 10.0. The van der Waals surface area contributed by atoms with E-state index in [1.54, 1.807) is 0 Å². The van der Waals surface area contributed by atoms with Crippen LogP contribution >= 0.6 is 0 Å². The Kier molecular flexibility index (Phi) is 5.86. The van der Waals surface area contributed by atoms with Crippen molar-refractivity contribution in [2.75, 3.05) is 7.05 Å². The average Bonchev–Trinajstić information content (AvgIpc) is 2.70. The highest BCUT2D eigenvalue weighted by atomic mass is 15.3. The largest absolute Gasteiger partial charge is 0.312 e. The summed E-state index contributed by atoms with van der Waals surface area (Å²) in [6.07, 6.45) is 9.95. The van der Waals surface area contributed by atoms with Gasteiger partial charge in [0.25, 0.3) is 0 Å². The van der Waals surface area contributed by atoms with Gasteiger partial charge < -0.3 is 5.32 Å². The van der Waals surface area contributed by atoms with Crippen LogP contribution in [0.1, 0.15) is 43.8 Å². The molecule has 1 aromatic heterocycles. The second-order valence-corrected chi connectivity index (χ2v) is 4.15. The first kappa shape index (κ1) is 13.0. The normalized spacial score (nSPS) is 12.6. The summed E-state index contributed by atoms with van der Waals surface area (Å²) in [7, 11) is 4.01. The molecule has 0 radical (unpaired) electrons. The Morgan fingerprint density at radius 3 is 2.88 bits per heavy atom. The van der Waals surface area contributed by atoms with E-state index >= 15 is 0 Å². The first-order valence-electron chi connectivity index (χ1n) is 6.05. The van der Waals surface area contributed by atoms with Crippen LogP contribution in [-0.4, -0.2) is 16.8 Å². The highest BCUT2D eigenvalue weighted by Gasteiger charge is 2.11. The quantitative estimate of drug-likeness (QED) is 0.540. The Labute approximate surface area is 98.5 Å². The van der Waals surface area contributed by atoms with E-state index < -0.39 is 0 Å². The van der Waals surface area contributed by atoms with Gasteiger partial charge in [-0.2, -0.15) is 5.10 Å².